The normalized spacial score (nSPS) is 25.1. The zero-order valence-corrected chi connectivity index (χ0v) is 19.2. The molecule has 0 N–H and O–H groups in total. The molecule has 0 aromatic heterocycles. The second-order valence-electron chi connectivity index (χ2n) is 7.26. The van der Waals surface area contributed by atoms with E-state index in [2.05, 4.69) is 0 Å². The van der Waals surface area contributed by atoms with Crippen LogP contribution in [-0.2, 0) is 47.6 Å². The van der Waals surface area contributed by atoms with Crippen molar-refractivity contribution < 1.29 is 50.7 Å². The van der Waals surface area contributed by atoms with Crippen LogP contribution in [0.2, 0.25) is 0 Å². The Hall–Kier alpha value is -2.70. The quantitative estimate of drug-likeness (QED) is 0.286. The molecule has 1 heterocycles. The summed E-state index contributed by atoms with van der Waals surface area (Å²) in [6, 6.07) is 7.06. The van der Waals surface area contributed by atoms with Gasteiger partial charge < -0.3 is 23.7 Å². The average Bonchev–Trinajstić information content (AvgIpc) is 2.91. The standard InChI is InChI=1S/C20H26O11S/c1-12-6-8-16(9-7-12)26-10-17-18(28-13(2)21)19(29-14(3)22)20(31-17,30-15(4)23)11-27-32(5,24)25/h6-9,17-19H,10-11H2,1-5H3/t17-,18-,19-,20?/m1/s1. The average molecular weight is 474 g/mol. The molecule has 0 amide bonds. The molecule has 11 nitrogen and oxygen atoms in total. The maximum Gasteiger partial charge on any atom is 0.305 e. The first kappa shape index (κ1) is 25.6. The molecule has 0 saturated carbocycles. The number of aryl methyl sites for hydroxylation is 1. The minimum atomic E-state index is -4.01. The molecule has 1 aliphatic heterocycles. The minimum Gasteiger partial charge on any atom is -0.491 e. The first-order valence-electron chi connectivity index (χ1n) is 9.57. The summed E-state index contributed by atoms with van der Waals surface area (Å²) in [7, 11) is -4.01. The Kier molecular flexibility index (Phi) is 8.21. The summed E-state index contributed by atoms with van der Waals surface area (Å²) in [5.74, 6) is -4.16. The monoisotopic (exact) mass is 474 g/mol. The highest BCUT2D eigenvalue weighted by Crippen LogP contribution is 2.38. The fraction of sp³-hybridized carbons (Fsp3) is 0.550. The van der Waals surface area contributed by atoms with Gasteiger partial charge in [0.25, 0.3) is 15.9 Å². The Morgan fingerprint density at radius 3 is 2.09 bits per heavy atom. The van der Waals surface area contributed by atoms with Gasteiger partial charge in [0, 0.05) is 20.8 Å². The third-order valence-electron chi connectivity index (χ3n) is 4.27. The van der Waals surface area contributed by atoms with Crippen LogP contribution < -0.4 is 4.74 Å². The first-order valence-corrected chi connectivity index (χ1v) is 11.4. The summed E-state index contributed by atoms with van der Waals surface area (Å²) in [5.41, 5.74) is 1.01. The van der Waals surface area contributed by atoms with Gasteiger partial charge in [0.15, 0.2) is 6.10 Å². The summed E-state index contributed by atoms with van der Waals surface area (Å²) in [6.45, 7) is 4.11. The number of rotatable bonds is 9. The maximum absolute atomic E-state index is 11.8. The lowest BCUT2D eigenvalue weighted by Crippen LogP contribution is -2.53. The molecule has 1 unspecified atom stereocenters. The number of hydrogen-bond donors (Lipinski definition) is 0. The molecular weight excluding hydrogens is 448 g/mol. The Balaban J connectivity index is 2.41. The lowest BCUT2D eigenvalue weighted by Gasteiger charge is -2.32. The Bertz CT molecular complexity index is 941. The zero-order valence-electron chi connectivity index (χ0n) is 18.4. The van der Waals surface area contributed by atoms with Gasteiger partial charge in [-0.2, -0.15) is 8.42 Å². The largest absolute Gasteiger partial charge is 0.491 e. The number of carbonyl (C=O) groups is 3. The van der Waals surface area contributed by atoms with Crippen LogP contribution in [0.3, 0.4) is 0 Å². The van der Waals surface area contributed by atoms with Gasteiger partial charge in [0.2, 0.25) is 6.10 Å². The van der Waals surface area contributed by atoms with E-state index in [1.165, 1.54) is 0 Å². The van der Waals surface area contributed by atoms with E-state index in [4.69, 9.17) is 27.9 Å². The molecule has 0 bridgehead atoms. The predicted molar refractivity (Wildman–Crippen MR) is 108 cm³/mol. The van der Waals surface area contributed by atoms with E-state index in [1.54, 1.807) is 12.1 Å². The smallest absolute Gasteiger partial charge is 0.305 e. The molecule has 0 spiro atoms. The van der Waals surface area contributed by atoms with Crippen LogP contribution in [0.4, 0.5) is 0 Å². The lowest BCUT2D eigenvalue weighted by atomic mass is 10.0. The molecule has 1 saturated heterocycles. The number of carbonyl (C=O) groups excluding carboxylic acids is 3. The van der Waals surface area contributed by atoms with Crippen LogP contribution in [0.25, 0.3) is 0 Å². The number of ether oxygens (including phenoxy) is 5. The molecule has 32 heavy (non-hydrogen) atoms. The summed E-state index contributed by atoms with van der Waals surface area (Å²) in [5, 5.41) is 0. The van der Waals surface area contributed by atoms with E-state index < -0.39 is 58.7 Å². The fourth-order valence-electron chi connectivity index (χ4n) is 3.10. The molecule has 178 valence electrons. The van der Waals surface area contributed by atoms with E-state index in [0.717, 1.165) is 32.6 Å². The maximum atomic E-state index is 11.8. The number of benzene rings is 1. The predicted octanol–water partition coefficient (Wildman–Crippen LogP) is 0.872. The molecular formula is C20H26O11S. The van der Waals surface area contributed by atoms with Crippen molar-refractivity contribution >= 4 is 28.0 Å². The van der Waals surface area contributed by atoms with Gasteiger partial charge in [-0.25, -0.2) is 0 Å². The number of hydrogen-bond acceptors (Lipinski definition) is 11. The first-order chi connectivity index (χ1) is 14.8. The third-order valence-corrected chi connectivity index (χ3v) is 4.82. The molecule has 0 aliphatic carbocycles. The van der Waals surface area contributed by atoms with Crippen LogP contribution >= 0.6 is 0 Å². The summed E-state index contributed by atoms with van der Waals surface area (Å²) in [4.78, 5) is 35.3. The van der Waals surface area contributed by atoms with Gasteiger partial charge in [0.05, 0.1) is 6.26 Å². The molecule has 4 atom stereocenters. The number of esters is 3. The van der Waals surface area contributed by atoms with Gasteiger partial charge in [0.1, 0.15) is 25.1 Å². The highest BCUT2D eigenvalue weighted by atomic mass is 32.2. The topological polar surface area (TPSA) is 141 Å². The van der Waals surface area contributed by atoms with E-state index in [9.17, 15) is 22.8 Å². The van der Waals surface area contributed by atoms with Crippen molar-refractivity contribution in [2.45, 2.75) is 51.8 Å². The van der Waals surface area contributed by atoms with Gasteiger partial charge >= 0.3 is 17.9 Å². The second kappa shape index (κ2) is 10.3. The Labute approximate surface area is 186 Å². The molecule has 1 fully saturated rings. The molecule has 2 rings (SSSR count). The highest BCUT2D eigenvalue weighted by Gasteiger charge is 2.62. The van der Waals surface area contributed by atoms with Crippen LogP contribution in [0.5, 0.6) is 5.75 Å². The van der Waals surface area contributed by atoms with Crippen LogP contribution in [0, 0.1) is 6.92 Å². The van der Waals surface area contributed by atoms with Gasteiger partial charge in [-0.1, -0.05) is 17.7 Å². The van der Waals surface area contributed by atoms with Crippen molar-refractivity contribution in [1.82, 2.24) is 0 Å². The molecule has 1 aromatic carbocycles. The van der Waals surface area contributed by atoms with E-state index in [0.29, 0.717) is 5.75 Å². The Morgan fingerprint density at radius 1 is 1.00 bits per heavy atom. The zero-order chi connectivity index (χ0) is 24.1. The van der Waals surface area contributed by atoms with E-state index >= 15 is 0 Å². The molecule has 12 heteroatoms. The van der Waals surface area contributed by atoms with Gasteiger partial charge in [-0.05, 0) is 19.1 Å². The highest BCUT2D eigenvalue weighted by molar-refractivity contribution is 7.85. The van der Waals surface area contributed by atoms with Crippen molar-refractivity contribution in [3.05, 3.63) is 29.8 Å². The summed E-state index contributed by atoms with van der Waals surface area (Å²) >= 11 is 0. The van der Waals surface area contributed by atoms with Crippen molar-refractivity contribution in [3.8, 4) is 5.75 Å². The van der Waals surface area contributed by atoms with Gasteiger partial charge in [-0.3, -0.25) is 18.6 Å². The minimum absolute atomic E-state index is 0.208. The van der Waals surface area contributed by atoms with Crippen LogP contribution in [0.15, 0.2) is 24.3 Å². The summed E-state index contributed by atoms with van der Waals surface area (Å²) in [6.07, 6.45) is -3.14. The lowest BCUT2D eigenvalue weighted by molar-refractivity contribution is -0.263. The van der Waals surface area contributed by atoms with Gasteiger partial charge in [-0.15, -0.1) is 0 Å². The molecule has 1 aromatic rings. The van der Waals surface area contributed by atoms with Crippen molar-refractivity contribution in [2.24, 2.45) is 0 Å². The van der Waals surface area contributed by atoms with Crippen LogP contribution in [-0.4, -0.2) is 69.9 Å². The third kappa shape index (κ3) is 7.18. The van der Waals surface area contributed by atoms with E-state index in [-0.39, 0.29) is 6.61 Å². The molecule has 1 aliphatic rings. The van der Waals surface area contributed by atoms with E-state index in [1.807, 2.05) is 19.1 Å². The van der Waals surface area contributed by atoms with Crippen molar-refractivity contribution in [3.63, 3.8) is 0 Å². The SMILES string of the molecule is CC(=O)O[C@H]1[C@@H](OC(C)=O)C(COS(C)(=O)=O)(OC(C)=O)O[C@@H]1COc1ccc(C)cc1. The molecule has 0 radical (unpaired) electrons. The summed E-state index contributed by atoms with van der Waals surface area (Å²) < 4.78 is 55.3. The Morgan fingerprint density at radius 2 is 1.59 bits per heavy atom. The van der Waals surface area contributed by atoms with Crippen molar-refractivity contribution in [1.29, 1.82) is 0 Å². The second-order valence-corrected chi connectivity index (χ2v) is 8.90. The van der Waals surface area contributed by atoms with Crippen molar-refractivity contribution in [2.75, 3.05) is 19.5 Å². The fourth-order valence-corrected chi connectivity index (χ4v) is 3.48. The van der Waals surface area contributed by atoms with Crippen LogP contribution in [0.1, 0.15) is 26.3 Å².